The molecule has 0 spiro atoms. The van der Waals surface area contributed by atoms with Crippen molar-refractivity contribution in [2.24, 2.45) is 0 Å². The number of carbonyl (C=O) groups is 1. The van der Waals surface area contributed by atoms with Gasteiger partial charge in [-0.2, -0.15) is 0 Å². The first-order chi connectivity index (χ1) is 20.2. The van der Waals surface area contributed by atoms with Crippen molar-refractivity contribution in [3.8, 4) is 11.5 Å². The summed E-state index contributed by atoms with van der Waals surface area (Å²) in [6.07, 6.45) is 1.37. The Kier molecular flexibility index (Phi) is 11.5. The van der Waals surface area contributed by atoms with Crippen LogP contribution in [0.4, 0.5) is 33.5 Å². The van der Waals surface area contributed by atoms with Gasteiger partial charge in [0.05, 0.1) is 44.4 Å². The lowest BCUT2D eigenvalue weighted by Gasteiger charge is -2.32. The summed E-state index contributed by atoms with van der Waals surface area (Å²) >= 11 is 13.1. The molecule has 0 radical (unpaired) electrons. The molecular formula is C29H41Cl2N7O4Si. The third-order valence-corrected chi connectivity index (χ3v) is 10.1. The Morgan fingerprint density at radius 3 is 2.30 bits per heavy atom. The van der Waals surface area contributed by atoms with Crippen molar-refractivity contribution in [1.82, 2.24) is 14.9 Å². The van der Waals surface area contributed by atoms with Gasteiger partial charge in [-0.1, -0.05) is 48.9 Å². The number of methoxy groups -OCH3 is 2. The van der Waals surface area contributed by atoms with E-state index in [0.717, 1.165) is 12.1 Å². The van der Waals surface area contributed by atoms with Crippen LogP contribution in [-0.4, -0.2) is 76.8 Å². The quantitative estimate of drug-likeness (QED) is 0.129. The van der Waals surface area contributed by atoms with Crippen molar-refractivity contribution >= 4 is 66.0 Å². The van der Waals surface area contributed by atoms with Crippen molar-refractivity contribution in [3.05, 3.63) is 52.3 Å². The fourth-order valence-electron chi connectivity index (χ4n) is 4.02. The number of halogens is 2. The number of hydrogen-bond donors (Lipinski definition) is 2. The molecule has 14 heteroatoms. The lowest BCUT2D eigenvalue weighted by atomic mass is 10.1. The number of benzene rings is 2. The maximum Gasteiger partial charge on any atom is 0.331 e. The molecule has 3 N–H and O–H groups in total. The average molecular weight is 651 g/mol. The van der Waals surface area contributed by atoms with Gasteiger partial charge >= 0.3 is 6.03 Å². The Morgan fingerprint density at radius 2 is 1.72 bits per heavy atom. The smallest absolute Gasteiger partial charge is 0.331 e. The number of carbonyl (C=O) groups excluding carboxylic acids is 1. The number of rotatable bonds is 12. The molecule has 0 fully saturated rings. The molecule has 2 aromatic carbocycles. The maximum atomic E-state index is 14.1. The maximum absolute atomic E-state index is 14.1. The van der Waals surface area contributed by atoms with Crippen LogP contribution in [0.25, 0.3) is 0 Å². The zero-order valence-electron chi connectivity index (χ0n) is 26.2. The number of nitrogens with two attached hydrogens (primary N) is 1. The van der Waals surface area contributed by atoms with Crippen molar-refractivity contribution in [1.29, 1.82) is 0 Å². The Hall–Kier alpha value is -3.29. The van der Waals surface area contributed by atoms with Crippen LogP contribution in [0.15, 0.2) is 36.7 Å². The van der Waals surface area contributed by atoms with E-state index in [1.807, 2.05) is 39.2 Å². The minimum Gasteiger partial charge on any atom is -0.493 e. The molecule has 0 saturated heterocycles. The average Bonchev–Trinajstić information content (AvgIpc) is 2.93. The molecule has 2 amide bonds. The summed E-state index contributed by atoms with van der Waals surface area (Å²) in [5, 5.41) is 3.57. The van der Waals surface area contributed by atoms with Gasteiger partial charge in [0.2, 0.25) is 0 Å². The van der Waals surface area contributed by atoms with E-state index in [9.17, 15) is 4.79 Å². The molecule has 11 nitrogen and oxygen atoms in total. The topological polar surface area (TPSA) is 118 Å². The Bertz CT molecular complexity index is 1440. The third-order valence-electron chi connectivity index (χ3n) is 6.88. The van der Waals surface area contributed by atoms with Crippen LogP contribution < -0.4 is 30.3 Å². The first-order valence-corrected chi connectivity index (χ1v) is 17.9. The van der Waals surface area contributed by atoms with E-state index >= 15 is 0 Å². The molecule has 3 rings (SSSR count). The summed E-state index contributed by atoms with van der Waals surface area (Å²) in [5.41, 5.74) is 8.90. The number of aromatic nitrogens is 2. The second-order valence-electron chi connectivity index (χ2n) is 11.4. The van der Waals surface area contributed by atoms with Gasteiger partial charge in [-0.05, 0) is 44.8 Å². The van der Waals surface area contributed by atoms with Crippen LogP contribution in [0.1, 0.15) is 12.5 Å². The zero-order chi connectivity index (χ0) is 32.1. The molecule has 0 aliphatic heterocycles. The summed E-state index contributed by atoms with van der Waals surface area (Å²) in [6, 6.07) is 8.56. The second-order valence-corrected chi connectivity index (χ2v) is 17.7. The standard InChI is InChI=1S/C29H41Cl2N7O4Si/c1-18(43(7,8)9)42-17-38(23-13-20(30)27(40-5)26(31)28(23)41-6)29(39)37(4)25-14-24(33-16-34-25)35-22-11-10-19(12-21(22)32)15-36(2)3/h10-14,16,18H,15,17,32H2,1-9H3,(H,33,34,35). The summed E-state index contributed by atoms with van der Waals surface area (Å²) < 4.78 is 17.2. The predicted molar refractivity (Wildman–Crippen MR) is 178 cm³/mol. The van der Waals surface area contributed by atoms with E-state index in [2.05, 4.69) is 39.8 Å². The van der Waals surface area contributed by atoms with Crippen LogP contribution in [-0.2, 0) is 11.3 Å². The van der Waals surface area contributed by atoms with E-state index in [4.69, 9.17) is 43.1 Å². The van der Waals surface area contributed by atoms with E-state index < -0.39 is 14.1 Å². The van der Waals surface area contributed by atoms with Gasteiger partial charge in [-0.15, -0.1) is 0 Å². The highest BCUT2D eigenvalue weighted by Crippen LogP contribution is 2.46. The number of nitrogens with zero attached hydrogens (tertiary/aromatic N) is 5. The fourth-order valence-corrected chi connectivity index (χ4v) is 5.27. The minimum absolute atomic E-state index is 0.0623. The van der Waals surface area contributed by atoms with Crippen LogP contribution in [0, 0.1) is 0 Å². The normalized spacial score (nSPS) is 12.2. The summed E-state index contributed by atoms with van der Waals surface area (Å²) in [5.74, 6) is 1.24. The largest absolute Gasteiger partial charge is 0.493 e. The SMILES string of the molecule is COc1c(Cl)cc(N(COC(C)[Si](C)(C)C)C(=O)N(C)c2cc(Nc3ccc(CN(C)C)cc3N)ncn2)c(OC)c1Cl. The monoisotopic (exact) mass is 649 g/mol. The molecule has 0 aliphatic rings. The van der Waals surface area contributed by atoms with Crippen LogP contribution in [0.5, 0.6) is 11.5 Å². The zero-order valence-corrected chi connectivity index (χ0v) is 28.7. The van der Waals surface area contributed by atoms with Gasteiger partial charge < -0.3 is 30.2 Å². The number of anilines is 5. The van der Waals surface area contributed by atoms with E-state index in [-0.39, 0.29) is 34.0 Å². The van der Waals surface area contributed by atoms with Crippen LogP contribution >= 0.6 is 23.2 Å². The lowest BCUT2D eigenvalue weighted by Crippen LogP contribution is -2.46. The Labute approximate surface area is 264 Å². The third kappa shape index (κ3) is 8.42. The molecule has 1 atom stereocenters. The lowest BCUT2D eigenvalue weighted by molar-refractivity contribution is 0.114. The van der Waals surface area contributed by atoms with Crippen molar-refractivity contribution < 1.29 is 19.0 Å². The first-order valence-electron chi connectivity index (χ1n) is 13.6. The van der Waals surface area contributed by atoms with Crippen LogP contribution in [0.2, 0.25) is 29.7 Å². The highest BCUT2D eigenvalue weighted by atomic mass is 35.5. The Balaban J connectivity index is 1.96. The molecule has 0 bridgehead atoms. The molecule has 234 valence electrons. The summed E-state index contributed by atoms with van der Waals surface area (Å²) in [6.45, 7) is 9.25. The van der Waals surface area contributed by atoms with Crippen molar-refractivity contribution in [2.45, 2.75) is 38.8 Å². The van der Waals surface area contributed by atoms with Gasteiger partial charge in [0.25, 0.3) is 0 Å². The number of nitrogen functional groups attached to an aromatic ring is 1. The number of amides is 2. The second kappa shape index (κ2) is 14.5. The van der Waals surface area contributed by atoms with Crippen molar-refractivity contribution in [3.63, 3.8) is 0 Å². The molecule has 3 aromatic rings. The van der Waals surface area contributed by atoms with Crippen molar-refractivity contribution in [2.75, 3.05) is 62.9 Å². The number of urea groups is 1. The van der Waals surface area contributed by atoms with Gasteiger partial charge in [-0.3, -0.25) is 9.80 Å². The first kappa shape index (κ1) is 34.2. The molecule has 1 heterocycles. The summed E-state index contributed by atoms with van der Waals surface area (Å²) in [7, 11) is 6.81. The van der Waals surface area contributed by atoms with Gasteiger partial charge in [-0.25, -0.2) is 14.8 Å². The number of ether oxygens (including phenoxy) is 3. The van der Waals surface area contributed by atoms with E-state index in [1.165, 1.54) is 30.3 Å². The van der Waals surface area contributed by atoms with Crippen LogP contribution in [0.3, 0.4) is 0 Å². The molecule has 0 saturated carbocycles. The van der Waals surface area contributed by atoms with E-state index in [0.29, 0.717) is 28.7 Å². The summed E-state index contributed by atoms with van der Waals surface area (Å²) in [4.78, 5) is 27.6. The molecule has 1 aromatic heterocycles. The highest BCUT2D eigenvalue weighted by molar-refractivity contribution is 6.77. The van der Waals surface area contributed by atoms with Gasteiger partial charge in [0.1, 0.15) is 29.7 Å². The molecule has 0 aliphatic carbocycles. The van der Waals surface area contributed by atoms with Gasteiger partial charge in [0.15, 0.2) is 11.5 Å². The highest BCUT2D eigenvalue weighted by Gasteiger charge is 2.31. The molecular weight excluding hydrogens is 609 g/mol. The van der Waals surface area contributed by atoms with Gasteiger partial charge in [0, 0.05) is 25.4 Å². The molecule has 43 heavy (non-hydrogen) atoms. The molecule has 1 unspecified atom stereocenters. The fraction of sp³-hybridized carbons (Fsp3) is 0.414. The Morgan fingerprint density at radius 1 is 1.05 bits per heavy atom. The minimum atomic E-state index is -1.69. The predicted octanol–water partition coefficient (Wildman–Crippen LogP) is 6.49. The number of nitrogens with one attached hydrogen (secondary N) is 1. The van der Waals surface area contributed by atoms with E-state index in [1.54, 1.807) is 19.2 Å². The number of hydrogen-bond acceptors (Lipinski definition) is 9.